The van der Waals surface area contributed by atoms with Gasteiger partial charge in [0.05, 0.1) is 0 Å². The van der Waals surface area contributed by atoms with Gasteiger partial charge in [0, 0.05) is 43.2 Å². The van der Waals surface area contributed by atoms with E-state index in [1.807, 2.05) is 41.6 Å². The van der Waals surface area contributed by atoms with Crippen molar-refractivity contribution in [1.29, 1.82) is 0 Å². The minimum absolute atomic E-state index is 0.140. The number of rotatable bonds is 4. The van der Waals surface area contributed by atoms with Crippen molar-refractivity contribution in [2.75, 3.05) is 19.6 Å². The van der Waals surface area contributed by atoms with E-state index < -0.39 is 0 Å². The highest BCUT2D eigenvalue weighted by molar-refractivity contribution is 5.99. The molecular weight excluding hydrogens is 286 g/mol. The summed E-state index contributed by atoms with van der Waals surface area (Å²) in [5, 5.41) is 0. The smallest absolute Gasteiger partial charge is 0.255 e. The highest BCUT2D eigenvalue weighted by Gasteiger charge is 2.41. The van der Waals surface area contributed by atoms with Crippen LogP contribution < -0.4 is 0 Å². The van der Waals surface area contributed by atoms with E-state index >= 15 is 0 Å². The highest BCUT2D eigenvalue weighted by Crippen LogP contribution is 2.38. The van der Waals surface area contributed by atoms with Crippen LogP contribution in [0.4, 0.5) is 0 Å². The topological polar surface area (TPSA) is 36.4 Å². The fraction of sp³-hybridized carbons (Fsp3) is 0.368. The molecule has 2 aromatic rings. The fourth-order valence-electron chi connectivity index (χ4n) is 3.80. The van der Waals surface area contributed by atoms with Gasteiger partial charge in [0.1, 0.15) is 6.17 Å². The third-order valence-electron chi connectivity index (χ3n) is 4.85. The molecule has 0 saturated carbocycles. The molecule has 1 unspecified atom stereocenters. The van der Waals surface area contributed by atoms with Crippen LogP contribution in [0.2, 0.25) is 0 Å². The Kier molecular flexibility index (Phi) is 3.83. The van der Waals surface area contributed by atoms with Crippen molar-refractivity contribution in [3.63, 3.8) is 0 Å². The first-order chi connectivity index (χ1) is 11.3. The fourth-order valence-corrected chi connectivity index (χ4v) is 3.80. The summed E-state index contributed by atoms with van der Waals surface area (Å²) in [4.78, 5) is 21.2. The largest absolute Gasteiger partial charge is 0.319 e. The van der Waals surface area contributed by atoms with Gasteiger partial charge < -0.3 is 4.90 Å². The van der Waals surface area contributed by atoms with Crippen LogP contribution in [0.5, 0.6) is 0 Å². The minimum Gasteiger partial charge on any atom is -0.319 e. The van der Waals surface area contributed by atoms with Crippen molar-refractivity contribution in [3.8, 4) is 0 Å². The molecule has 23 heavy (non-hydrogen) atoms. The molecule has 1 aromatic heterocycles. The Hall–Kier alpha value is -2.20. The molecule has 2 aliphatic heterocycles. The van der Waals surface area contributed by atoms with Crippen LogP contribution in [0, 0.1) is 0 Å². The van der Waals surface area contributed by atoms with Crippen molar-refractivity contribution in [2.45, 2.75) is 25.4 Å². The zero-order chi connectivity index (χ0) is 15.6. The van der Waals surface area contributed by atoms with Gasteiger partial charge in [-0.25, -0.2) is 0 Å². The zero-order valence-electron chi connectivity index (χ0n) is 13.2. The Morgan fingerprint density at radius 1 is 1.13 bits per heavy atom. The van der Waals surface area contributed by atoms with Gasteiger partial charge in [0.15, 0.2) is 0 Å². The molecule has 0 aliphatic carbocycles. The van der Waals surface area contributed by atoms with E-state index in [0.29, 0.717) is 0 Å². The maximum absolute atomic E-state index is 12.6. The van der Waals surface area contributed by atoms with Crippen LogP contribution in [-0.4, -0.2) is 40.3 Å². The van der Waals surface area contributed by atoms with E-state index in [-0.39, 0.29) is 12.1 Å². The molecule has 0 bridgehead atoms. The molecule has 3 heterocycles. The van der Waals surface area contributed by atoms with E-state index in [2.05, 4.69) is 22.0 Å². The van der Waals surface area contributed by atoms with E-state index in [9.17, 15) is 4.79 Å². The molecule has 0 spiro atoms. The Morgan fingerprint density at radius 3 is 2.91 bits per heavy atom. The Bertz CT molecular complexity index is 701. The second kappa shape index (κ2) is 6.13. The number of aromatic nitrogens is 1. The SMILES string of the molecule is O=C1c2ccccc2C2N(CCCc3cccnc3)CCCN12. The molecule has 118 valence electrons. The van der Waals surface area contributed by atoms with Crippen LogP contribution in [0.25, 0.3) is 0 Å². The van der Waals surface area contributed by atoms with Crippen LogP contribution in [-0.2, 0) is 6.42 Å². The lowest BCUT2D eigenvalue weighted by Crippen LogP contribution is -2.46. The minimum atomic E-state index is 0.140. The van der Waals surface area contributed by atoms with E-state index in [4.69, 9.17) is 0 Å². The quantitative estimate of drug-likeness (QED) is 0.871. The second-order valence-electron chi connectivity index (χ2n) is 6.31. The van der Waals surface area contributed by atoms with Crippen LogP contribution in [0.3, 0.4) is 0 Å². The molecule has 1 aromatic carbocycles. The summed E-state index contributed by atoms with van der Waals surface area (Å²) in [6, 6.07) is 12.2. The van der Waals surface area contributed by atoms with Gasteiger partial charge in [-0.05, 0) is 37.0 Å². The predicted molar refractivity (Wildman–Crippen MR) is 89.0 cm³/mol. The maximum Gasteiger partial charge on any atom is 0.255 e. The Morgan fingerprint density at radius 2 is 2.04 bits per heavy atom. The Balaban J connectivity index is 1.48. The van der Waals surface area contributed by atoms with Gasteiger partial charge in [0.2, 0.25) is 0 Å². The lowest BCUT2D eigenvalue weighted by Gasteiger charge is -2.40. The normalized spacial score (nSPS) is 20.4. The van der Waals surface area contributed by atoms with Crippen molar-refractivity contribution >= 4 is 5.91 Å². The summed E-state index contributed by atoms with van der Waals surface area (Å²) in [6.07, 6.45) is 7.08. The summed E-state index contributed by atoms with van der Waals surface area (Å²) in [7, 11) is 0. The van der Waals surface area contributed by atoms with E-state index in [1.54, 1.807) is 0 Å². The van der Waals surface area contributed by atoms with E-state index in [0.717, 1.165) is 44.5 Å². The lowest BCUT2D eigenvalue weighted by molar-refractivity contribution is 0.0160. The second-order valence-corrected chi connectivity index (χ2v) is 6.31. The third-order valence-corrected chi connectivity index (χ3v) is 4.85. The summed E-state index contributed by atoms with van der Waals surface area (Å²) >= 11 is 0. The number of carbonyl (C=O) groups is 1. The number of hydrogen-bond donors (Lipinski definition) is 0. The van der Waals surface area contributed by atoms with E-state index in [1.165, 1.54) is 11.1 Å². The molecule has 1 saturated heterocycles. The first-order valence-corrected chi connectivity index (χ1v) is 8.37. The summed E-state index contributed by atoms with van der Waals surface area (Å²) in [5.41, 5.74) is 3.35. The summed E-state index contributed by atoms with van der Waals surface area (Å²) in [5.74, 6) is 0.197. The van der Waals surface area contributed by atoms with Crippen molar-refractivity contribution in [1.82, 2.24) is 14.8 Å². The highest BCUT2D eigenvalue weighted by atomic mass is 16.2. The standard InChI is InChI=1S/C19H21N3O/c23-19-17-9-2-1-8-16(17)18-21(12-5-13-22(18)19)11-4-7-15-6-3-10-20-14-15/h1-3,6,8-10,14,18H,4-5,7,11-13H2. The van der Waals surface area contributed by atoms with Gasteiger partial charge in [-0.1, -0.05) is 24.3 Å². The molecule has 1 fully saturated rings. The zero-order valence-corrected chi connectivity index (χ0v) is 13.2. The average Bonchev–Trinajstić information content (AvgIpc) is 2.90. The number of amides is 1. The van der Waals surface area contributed by atoms with Gasteiger partial charge in [0.25, 0.3) is 5.91 Å². The molecular formula is C19H21N3O. The first kappa shape index (κ1) is 14.4. The molecule has 4 nitrogen and oxygen atoms in total. The number of hydrogen-bond acceptors (Lipinski definition) is 3. The van der Waals surface area contributed by atoms with Gasteiger partial charge in [-0.3, -0.25) is 14.7 Å². The summed E-state index contributed by atoms with van der Waals surface area (Å²) in [6.45, 7) is 2.95. The van der Waals surface area contributed by atoms with Crippen molar-refractivity contribution in [2.24, 2.45) is 0 Å². The number of pyridine rings is 1. The number of carbonyl (C=O) groups excluding carboxylic acids is 1. The first-order valence-electron chi connectivity index (χ1n) is 8.37. The number of benzene rings is 1. The number of fused-ring (bicyclic) bond motifs is 3. The predicted octanol–water partition coefficient (Wildman–Crippen LogP) is 2.87. The molecule has 2 aliphatic rings. The van der Waals surface area contributed by atoms with Crippen LogP contribution in [0.15, 0.2) is 48.8 Å². The number of nitrogens with zero attached hydrogens (tertiary/aromatic N) is 3. The van der Waals surface area contributed by atoms with Gasteiger partial charge in [-0.15, -0.1) is 0 Å². The average molecular weight is 307 g/mol. The van der Waals surface area contributed by atoms with Crippen LogP contribution in [0.1, 0.15) is 40.5 Å². The molecule has 1 amide bonds. The summed E-state index contributed by atoms with van der Waals surface area (Å²) < 4.78 is 0. The lowest BCUT2D eigenvalue weighted by atomic mass is 10.1. The maximum atomic E-state index is 12.6. The molecule has 0 radical (unpaired) electrons. The molecule has 1 atom stereocenters. The third kappa shape index (κ3) is 2.63. The molecule has 0 N–H and O–H groups in total. The van der Waals surface area contributed by atoms with Crippen molar-refractivity contribution < 1.29 is 4.79 Å². The molecule has 4 heteroatoms. The van der Waals surface area contributed by atoms with Crippen LogP contribution >= 0.6 is 0 Å². The Labute approximate surface area is 136 Å². The van der Waals surface area contributed by atoms with Gasteiger partial charge in [-0.2, -0.15) is 0 Å². The monoisotopic (exact) mass is 307 g/mol. The van der Waals surface area contributed by atoms with Gasteiger partial charge >= 0.3 is 0 Å². The molecule has 4 rings (SSSR count). The number of aryl methyl sites for hydroxylation is 1. The van der Waals surface area contributed by atoms with Crippen molar-refractivity contribution in [3.05, 3.63) is 65.5 Å².